The van der Waals surface area contributed by atoms with Gasteiger partial charge >= 0.3 is 0 Å². The lowest BCUT2D eigenvalue weighted by molar-refractivity contribution is -0.125. The van der Waals surface area contributed by atoms with Crippen LogP contribution in [0.4, 0.5) is 5.69 Å². The second-order valence-electron chi connectivity index (χ2n) is 7.16. The second kappa shape index (κ2) is 8.22. The molecule has 0 fully saturated rings. The summed E-state index contributed by atoms with van der Waals surface area (Å²) in [6.07, 6.45) is 3.94. The molecule has 2 heterocycles. The van der Waals surface area contributed by atoms with Gasteiger partial charge < -0.3 is 20.8 Å². The Labute approximate surface area is 164 Å². The van der Waals surface area contributed by atoms with Crippen molar-refractivity contribution in [1.82, 2.24) is 14.7 Å². The average molecular weight is 379 g/mol. The fourth-order valence-corrected chi connectivity index (χ4v) is 2.81. The maximum Gasteiger partial charge on any atom is 0.243 e. The molecule has 146 valence electrons. The van der Waals surface area contributed by atoms with E-state index in [1.54, 1.807) is 0 Å². The summed E-state index contributed by atoms with van der Waals surface area (Å²) in [5.74, 6) is -0.623. The highest BCUT2D eigenvalue weighted by atomic mass is 16.2. The number of carbonyl (C=O) groups is 2. The number of amides is 2. The molecule has 0 saturated carbocycles. The van der Waals surface area contributed by atoms with Gasteiger partial charge in [-0.05, 0) is 36.6 Å². The smallest absolute Gasteiger partial charge is 0.243 e. The Balaban J connectivity index is 1.61. The SMILES string of the molecule is Cc1cccn2cc(-c3ccc(NC(=O)CNC(=O)[C@@H](N)C(C)C)cc3)nc12. The van der Waals surface area contributed by atoms with Crippen LogP contribution in [0.1, 0.15) is 19.4 Å². The van der Waals surface area contributed by atoms with Crippen molar-refractivity contribution < 1.29 is 9.59 Å². The maximum absolute atomic E-state index is 12.0. The van der Waals surface area contributed by atoms with Gasteiger partial charge in [0.2, 0.25) is 11.8 Å². The second-order valence-corrected chi connectivity index (χ2v) is 7.16. The predicted molar refractivity (Wildman–Crippen MR) is 110 cm³/mol. The first-order chi connectivity index (χ1) is 13.3. The minimum atomic E-state index is -0.624. The van der Waals surface area contributed by atoms with Crippen LogP contribution in [0.25, 0.3) is 16.9 Å². The normalized spacial score (nSPS) is 12.2. The number of nitrogens with zero attached hydrogens (tertiary/aromatic N) is 2. The van der Waals surface area contributed by atoms with Crippen LogP contribution in [0.5, 0.6) is 0 Å². The number of nitrogens with one attached hydrogen (secondary N) is 2. The number of hydrogen-bond donors (Lipinski definition) is 3. The molecule has 28 heavy (non-hydrogen) atoms. The van der Waals surface area contributed by atoms with Crippen LogP contribution in [-0.4, -0.2) is 33.8 Å². The summed E-state index contributed by atoms with van der Waals surface area (Å²) in [6, 6.07) is 10.8. The van der Waals surface area contributed by atoms with E-state index in [0.29, 0.717) is 5.69 Å². The molecule has 2 aromatic heterocycles. The number of benzene rings is 1. The Bertz CT molecular complexity index is 992. The number of carbonyl (C=O) groups excluding carboxylic acids is 2. The molecule has 1 aromatic carbocycles. The van der Waals surface area contributed by atoms with Gasteiger partial charge in [0, 0.05) is 23.6 Å². The summed E-state index contributed by atoms with van der Waals surface area (Å²) in [4.78, 5) is 28.5. The highest BCUT2D eigenvalue weighted by Gasteiger charge is 2.17. The fourth-order valence-electron chi connectivity index (χ4n) is 2.81. The molecule has 0 radical (unpaired) electrons. The Hall–Kier alpha value is -3.19. The Morgan fingerprint density at radius 2 is 1.89 bits per heavy atom. The van der Waals surface area contributed by atoms with E-state index in [1.807, 2.05) is 74.0 Å². The number of fused-ring (bicyclic) bond motifs is 1. The molecule has 7 heteroatoms. The molecular formula is C21H25N5O2. The van der Waals surface area contributed by atoms with Gasteiger partial charge in [-0.15, -0.1) is 0 Å². The van der Waals surface area contributed by atoms with Gasteiger partial charge in [-0.25, -0.2) is 4.98 Å². The van der Waals surface area contributed by atoms with Gasteiger partial charge in [0.25, 0.3) is 0 Å². The van der Waals surface area contributed by atoms with Crippen LogP contribution in [0.2, 0.25) is 0 Å². The lowest BCUT2D eigenvalue weighted by Gasteiger charge is -2.15. The van der Waals surface area contributed by atoms with Crippen molar-refractivity contribution >= 4 is 23.1 Å². The van der Waals surface area contributed by atoms with E-state index in [0.717, 1.165) is 22.5 Å². The monoisotopic (exact) mass is 379 g/mol. The lowest BCUT2D eigenvalue weighted by Crippen LogP contribution is -2.46. The molecule has 0 spiro atoms. The van der Waals surface area contributed by atoms with Crippen molar-refractivity contribution in [3.05, 3.63) is 54.4 Å². The van der Waals surface area contributed by atoms with Crippen molar-refractivity contribution in [2.75, 3.05) is 11.9 Å². The molecular weight excluding hydrogens is 354 g/mol. The number of aryl methyl sites for hydroxylation is 1. The largest absolute Gasteiger partial charge is 0.346 e. The molecule has 0 aliphatic carbocycles. The summed E-state index contributed by atoms with van der Waals surface area (Å²) < 4.78 is 1.99. The Morgan fingerprint density at radius 3 is 2.54 bits per heavy atom. The third-order valence-corrected chi connectivity index (χ3v) is 4.59. The predicted octanol–water partition coefficient (Wildman–Crippen LogP) is 2.35. The average Bonchev–Trinajstić information content (AvgIpc) is 3.11. The molecule has 3 aromatic rings. The minimum Gasteiger partial charge on any atom is -0.346 e. The standard InChI is InChI=1S/C21H25N5O2/c1-13(2)19(22)21(28)23-11-18(27)24-16-8-6-15(7-9-16)17-12-26-10-4-5-14(3)20(26)25-17/h4-10,12-13,19H,11,22H2,1-3H3,(H,23,28)(H,24,27)/t19-/m0/s1. The quantitative estimate of drug-likeness (QED) is 0.612. The lowest BCUT2D eigenvalue weighted by atomic mass is 10.1. The van der Waals surface area contributed by atoms with Gasteiger partial charge in [0.05, 0.1) is 18.3 Å². The van der Waals surface area contributed by atoms with Crippen molar-refractivity contribution in [3.63, 3.8) is 0 Å². The number of hydrogen-bond acceptors (Lipinski definition) is 4. The summed E-state index contributed by atoms with van der Waals surface area (Å²) in [7, 11) is 0. The van der Waals surface area contributed by atoms with Crippen molar-refractivity contribution in [2.24, 2.45) is 11.7 Å². The van der Waals surface area contributed by atoms with Gasteiger partial charge in [-0.2, -0.15) is 0 Å². The van der Waals surface area contributed by atoms with Crippen LogP contribution in [-0.2, 0) is 9.59 Å². The molecule has 0 bridgehead atoms. The van der Waals surface area contributed by atoms with Crippen molar-refractivity contribution in [2.45, 2.75) is 26.8 Å². The Kier molecular flexibility index (Phi) is 5.75. The van der Waals surface area contributed by atoms with Crippen LogP contribution >= 0.6 is 0 Å². The highest BCUT2D eigenvalue weighted by Crippen LogP contribution is 2.22. The molecule has 4 N–H and O–H groups in total. The first-order valence-corrected chi connectivity index (χ1v) is 9.23. The molecule has 1 atom stereocenters. The van der Waals surface area contributed by atoms with E-state index in [4.69, 9.17) is 5.73 Å². The van der Waals surface area contributed by atoms with Crippen LogP contribution in [0.15, 0.2) is 48.8 Å². The molecule has 0 aliphatic heterocycles. The zero-order chi connectivity index (χ0) is 20.3. The first-order valence-electron chi connectivity index (χ1n) is 9.23. The molecule has 0 aliphatic rings. The molecule has 0 unspecified atom stereocenters. The van der Waals surface area contributed by atoms with E-state index < -0.39 is 6.04 Å². The van der Waals surface area contributed by atoms with E-state index in [-0.39, 0.29) is 24.3 Å². The summed E-state index contributed by atoms with van der Waals surface area (Å²) in [6.45, 7) is 5.62. The van der Waals surface area contributed by atoms with Crippen molar-refractivity contribution in [3.8, 4) is 11.3 Å². The number of rotatable bonds is 6. The molecule has 7 nitrogen and oxygen atoms in total. The minimum absolute atomic E-state index is 0.0130. The first kappa shape index (κ1) is 19.6. The summed E-state index contributed by atoms with van der Waals surface area (Å²) in [5, 5.41) is 5.31. The zero-order valence-corrected chi connectivity index (χ0v) is 16.3. The number of nitrogens with two attached hydrogens (primary N) is 1. The van der Waals surface area contributed by atoms with E-state index in [9.17, 15) is 9.59 Å². The van der Waals surface area contributed by atoms with E-state index in [1.165, 1.54) is 0 Å². The van der Waals surface area contributed by atoms with Crippen LogP contribution < -0.4 is 16.4 Å². The highest BCUT2D eigenvalue weighted by molar-refractivity contribution is 5.95. The van der Waals surface area contributed by atoms with E-state index in [2.05, 4.69) is 15.6 Å². The molecule has 3 rings (SSSR count). The Morgan fingerprint density at radius 1 is 1.18 bits per heavy atom. The topological polar surface area (TPSA) is 102 Å². The summed E-state index contributed by atoms with van der Waals surface area (Å²) in [5.41, 5.74) is 10.3. The van der Waals surface area contributed by atoms with Gasteiger partial charge in [0.15, 0.2) is 0 Å². The summed E-state index contributed by atoms with van der Waals surface area (Å²) >= 11 is 0. The third kappa shape index (κ3) is 4.37. The van der Waals surface area contributed by atoms with Gasteiger partial charge in [-0.1, -0.05) is 32.0 Å². The number of imidazole rings is 1. The number of aromatic nitrogens is 2. The zero-order valence-electron chi connectivity index (χ0n) is 16.3. The van der Waals surface area contributed by atoms with Gasteiger partial charge in [0.1, 0.15) is 5.65 Å². The number of anilines is 1. The number of pyridine rings is 1. The molecule has 2 amide bonds. The fraction of sp³-hybridized carbons (Fsp3) is 0.286. The van der Waals surface area contributed by atoms with Gasteiger partial charge in [-0.3, -0.25) is 9.59 Å². The maximum atomic E-state index is 12.0. The van der Waals surface area contributed by atoms with Crippen LogP contribution in [0.3, 0.4) is 0 Å². The van der Waals surface area contributed by atoms with Crippen molar-refractivity contribution in [1.29, 1.82) is 0 Å². The molecule has 0 saturated heterocycles. The third-order valence-electron chi connectivity index (χ3n) is 4.59. The van der Waals surface area contributed by atoms with E-state index >= 15 is 0 Å². The van der Waals surface area contributed by atoms with Crippen LogP contribution in [0, 0.1) is 12.8 Å².